The Bertz CT molecular complexity index is 2310. The highest BCUT2D eigenvalue weighted by Gasteiger charge is 2.57. The third kappa shape index (κ3) is 5.12. The quantitative estimate of drug-likeness (QED) is 0.0983. The average Bonchev–Trinajstić information content (AvgIpc) is 3.41. The number of rotatable bonds is 6. The zero-order chi connectivity index (χ0) is 35.6. The van der Waals surface area contributed by atoms with Gasteiger partial charge in [0.25, 0.3) is 0 Å². The zero-order valence-corrected chi connectivity index (χ0v) is 28.4. The maximum Gasteiger partial charge on any atom is 0.238 e. The molecule has 1 aliphatic heterocycles. The van der Waals surface area contributed by atoms with Gasteiger partial charge in [0, 0.05) is 33.8 Å². The van der Waals surface area contributed by atoms with E-state index >= 15 is 0 Å². The Morgan fingerprint density at radius 1 is 0.843 bits per heavy atom. The van der Waals surface area contributed by atoms with Crippen LogP contribution in [0.25, 0.3) is 22.9 Å². The first kappa shape index (κ1) is 32.2. The standard InChI is InChI=1S/C43H35NO7/c1-23-20-35(46)33-22-32-30(39(40(33)41(23)47)38-29-7-5-4-6-25(29)12-18-34(38)45)16-17-31-37(32)43(49)44(42(31)48)27-13-9-24(10-14-27)8-11-26-21-28(50-2)15-19-36(26)51-3/h4-16,18-21,31-32,37,39,45H,17,22H2,1-3H3/t31-,32+,37-,39+/m0/s1. The molecule has 4 atom stereocenters. The number of hydrogen-bond donors (Lipinski definition) is 1. The van der Waals surface area contributed by atoms with Gasteiger partial charge in [0.05, 0.1) is 31.7 Å². The number of anilines is 1. The smallest absolute Gasteiger partial charge is 0.238 e. The number of methoxy groups -OCH3 is 2. The van der Waals surface area contributed by atoms with E-state index in [1.807, 2.05) is 78.9 Å². The summed E-state index contributed by atoms with van der Waals surface area (Å²) in [4.78, 5) is 57.2. The Kier molecular flexibility index (Phi) is 7.82. The van der Waals surface area contributed by atoms with E-state index in [0.717, 1.165) is 27.5 Å². The number of hydrogen-bond acceptors (Lipinski definition) is 7. The van der Waals surface area contributed by atoms with Gasteiger partial charge in [-0.05, 0) is 84.5 Å². The van der Waals surface area contributed by atoms with Crippen LogP contribution in [0, 0.1) is 17.8 Å². The lowest BCUT2D eigenvalue weighted by Crippen LogP contribution is -2.40. The van der Waals surface area contributed by atoms with Crippen molar-refractivity contribution >= 4 is 52.0 Å². The zero-order valence-electron chi connectivity index (χ0n) is 28.4. The summed E-state index contributed by atoms with van der Waals surface area (Å²) in [7, 11) is 3.21. The van der Waals surface area contributed by atoms with Gasteiger partial charge in [-0.1, -0.05) is 66.3 Å². The molecule has 0 radical (unpaired) electrons. The highest BCUT2D eigenvalue weighted by atomic mass is 16.5. The maximum atomic E-state index is 14.4. The van der Waals surface area contributed by atoms with Crippen LogP contribution in [0.1, 0.15) is 42.4 Å². The van der Waals surface area contributed by atoms with Crippen LogP contribution in [0.4, 0.5) is 5.69 Å². The van der Waals surface area contributed by atoms with Gasteiger partial charge in [0.2, 0.25) is 11.8 Å². The van der Waals surface area contributed by atoms with Crippen LogP contribution in [0.2, 0.25) is 0 Å². The largest absolute Gasteiger partial charge is 0.508 e. The molecule has 8 rings (SSSR count). The van der Waals surface area contributed by atoms with Crippen molar-refractivity contribution in [1.82, 2.24) is 0 Å². The number of phenols is 1. The molecule has 4 aromatic rings. The van der Waals surface area contributed by atoms with Crippen molar-refractivity contribution in [3.63, 3.8) is 0 Å². The lowest BCUT2D eigenvalue weighted by molar-refractivity contribution is -0.123. The minimum atomic E-state index is -0.739. The fourth-order valence-corrected chi connectivity index (χ4v) is 8.42. The normalized spacial score (nSPS) is 22.9. The Hall–Kier alpha value is -6.02. The molecule has 1 saturated heterocycles. The van der Waals surface area contributed by atoms with Crippen molar-refractivity contribution in [3.05, 3.63) is 130 Å². The van der Waals surface area contributed by atoms with Gasteiger partial charge >= 0.3 is 0 Å². The number of carbonyl (C=O) groups is 4. The molecule has 1 N–H and O–H groups in total. The van der Waals surface area contributed by atoms with Gasteiger partial charge in [0.15, 0.2) is 11.6 Å². The molecule has 4 aromatic carbocycles. The number of phenolic OH excluding ortho intramolecular Hbond substituents is 1. The lowest BCUT2D eigenvalue weighted by atomic mass is 9.59. The van der Waals surface area contributed by atoms with Crippen molar-refractivity contribution in [2.45, 2.75) is 25.7 Å². The number of Topliss-reactive ketones (excluding diaryl/α,β-unsaturated/α-hetero) is 1. The van der Waals surface area contributed by atoms with E-state index in [0.29, 0.717) is 45.9 Å². The summed E-state index contributed by atoms with van der Waals surface area (Å²) in [5, 5.41) is 13.0. The van der Waals surface area contributed by atoms with Crippen LogP contribution in [-0.2, 0) is 19.2 Å². The number of nitrogens with zero attached hydrogens (tertiary/aromatic N) is 1. The Balaban J connectivity index is 1.15. The number of amides is 2. The van der Waals surface area contributed by atoms with Gasteiger partial charge in [0.1, 0.15) is 17.2 Å². The first-order valence-electron chi connectivity index (χ1n) is 17.0. The summed E-state index contributed by atoms with van der Waals surface area (Å²) in [5.74, 6) is -2.27. The molecule has 0 spiro atoms. The topological polar surface area (TPSA) is 110 Å². The number of carbonyl (C=O) groups excluding carboxylic acids is 4. The maximum absolute atomic E-state index is 14.4. The number of imide groups is 1. The SMILES string of the molecule is COc1ccc(OC)c(C=Cc2ccc(N3C(=O)[C@H]4[C@H](CC=C5[C@H](c6c(O)ccc7ccccc67)C6=C(C[C@H]54)C(=O)C=C(C)C6=O)C3=O)cc2)c1. The predicted molar refractivity (Wildman–Crippen MR) is 194 cm³/mol. The molecule has 0 saturated carbocycles. The van der Waals surface area contributed by atoms with E-state index in [9.17, 15) is 24.3 Å². The number of allylic oxidation sites excluding steroid dienone is 6. The highest BCUT2D eigenvalue weighted by Crippen LogP contribution is 2.57. The minimum absolute atomic E-state index is 0.0103. The second kappa shape index (κ2) is 12.4. The summed E-state index contributed by atoms with van der Waals surface area (Å²) in [6.45, 7) is 1.63. The molecular formula is C43H35NO7. The number of benzene rings is 4. The van der Waals surface area contributed by atoms with E-state index in [2.05, 4.69) is 0 Å². The number of aromatic hydroxyl groups is 1. The summed E-state index contributed by atoms with van der Waals surface area (Å²) >= 11 is 0. The molecule has 254 valence electrons. The lowest BCUT2D eigenvalue weighted by Gasteiger charge is -2.42. The summed E-state index contributed by atoms with van der Waals surface area (Å²) in [6, 6.07) is 23.8. The van der Waals surface area contributed by atoms with E-state index in [4.69, 9.17) is 9.47 Å². The van der Waals surface area contributed by atoms with Crippen molar-refractivity contribution < 1.29 is 33.8 Å². The number of ketones is 2. The third-order valence-corrected chi connectivity index (χ3v) is 10.8. The molecular weight excluding hydrogens is 642 g/mol. The van der Waals surface area contributed by atoms with Crippen molar-refractivity contribution in [2.75, 3.05) is 19.1 Å². The predicted octanol–water partition coefficient (Wildman–Crippen LogP) is 7.37. The number of ether oxygens (including phenoxy) is 2. The van der Waals surface area contributed by atoms with Crippen LogP contribution in [0.5, 0.6) is 17.2 Å². The molecule has 0 unspecified atom stereocenters. The fourth-order valence-electron chi connectivity index (χ4n) is 8.42. The second-order valence-electron chi connectivity index (χ2n) is 13.5. The molecule has 0 bridgehead atoms. The molecule has 51 heavy (non-hydrogen) atoms. The van der Waals surface area contributed by atoms with E-state index in [-0.39, 0.29) is 35.6 Å². The molecule has 8 nitrogen and oxygen atoms in total. The van der Waals surface area contributed by atoms with Gasteiger partial charge in [-0.25, -0.2) is 0 Å². The summed E-state index contributed by atoms with van der Waals surface area (Å²) in [6.07, 6.45) is 7.64. The van der Waals surface area contributed by atoms with E-state index < -0.39 is 23.7 Å². The summed E-state index contributed by atoms with van der Waals surface area (Å²) < 4.78 is 10.8. The molecule has 1 heterocycles. The van der Waals surface area contributed by atoms with Crippen LogP contribution < -0.4 is 14.4 Å². The van der Waals surface area contributed by atoms with Gasteiger partial charge in [-0.15, -0.1) is 0 Å². The van der Waals surface area contributed by atoms with Crippen LogP contribution in [0.15, 0.2) is 113 Å². The van der Waals surface area contributed by atoms with Crippen LogP contribution in [0.3, 0.4) is 0 Å². The monoisotopic (exact) mass is 677 g/mol. The highest BCUT2D eigenvalue weighted by molar-refractivity contribution is 6.25. The van der Waals surface area contributed by atoms with Crippen molar-refractivity contribution in [1.29, 1.82) is 0 Å². The van der Waals surface area contributed by atoms with Crippen LogP contribution >= 0.6 is 0 Å². The van der Waals surface area contributed by atoms with Crippen LogP contribution in [-0.4, -0.2) is 42.7 Å². The third-order valence-electron chi connectivity index (χ3n) is 10.8. The van der Waals surface area contributed by atoms with Crippen molar-refractivity contribution in [2.24, 2.45) is 17.8 Å². The Morgan fingerprint density at radius 2 is 1.63 bits per heavy atom. The fraction of sp³-hybridized carbons (Fsp3) is 0.209. The second-order valence-corrected chi connectivity index (χ2v) is 13.5. The van der Waals surface area contributed by atoms with Gasteiger partial charge < -0.3 is 14.6 Å². The average molecular weight is 678 g/mol. The molecule has 2 amide bonds. The summed E-state index contributed by atoms with van der Waals surface area (Å²) in [5.41, 5.74) is 4.56. The molecule has 1 fully saturated rings. The Morgan fingerprint density at radius 3 is 2.39 bits per heavy atom. The molecule has 4 aliphatic rings. The van der Waals surface area contributed by atoms with Gasteiger partial charge in [-0.2, -0.15) is 0 Å². The Labute approximate surface area is 295 Å². The van der Waals surface area contributed by atoms with Crippen molar-refractivity contribution in [3.8, 4) is 17.2 Å². The van der Waals surface area contributed by atoms with E-state index in [1.165, 1.54) is 11.0 Å². The molecule has 8 heteroatoms. The molecule has 0 aromatic heterocycles. The first-order chi connectivity index (χ1) is 24.7. The molecule has 3 aliphatic carbocycles. The first-order valence-corrected chi connectivity index (χ1v) is 17.0. The number of fused-ring (bicyclic) bond motifs is 4. The van der Waals surface area contributed by atoms with E-state index in [1.54, 1.807) is 39.3 Å². The minimum Gasteiger partial charge on any atom is -0.508 e. The van der Waals surface area contributed by atoms with Gasteiger partial charge in [-0.3, -0.25) is 24.1 Å².